The smallest absolute Gasteiger partial charge is 0.303 e. The second kappa shape index (κ2) is 7.15. The van der Waals surface area contributed by atoms with Crippen LogP contribution in [0.4, 0.5) is 15.8 Å². The Labute approximate surface area is 160 Å². The van der Waals surface area contributed by atoms with E-state index in [1.54, 1.807) is 0 Å². The van der Waals surface area contributed by atoms with E-state index in [4.69, 9.17) is 0 Å². The van der Waals surface area contributed by atoms with Gasteiger partial charge in [0, 0.05) is 11.1 Å². The highest BCUT2D eigenvalue weighted by atomic mass is 32.2. The molecular formula is C17H17FN4O5S. The molecule has 1 amide bonds. The van der Waals surface area contributed by atoms with Crippen molar-refractivity contribution in [3.05, 3.63) is 63.1 Å². The normalized spacial score (nSPS) is 17.6. The molecule has 2 aromatic rings. The predicted molar refractivity (Wildman–Crippen MR) is 99.0 cm³/mol. The number of anilines is 1. The Morgan fingerprint density at radius 1 is 1.36 bits per heavy atom. The fourth-order valence-corrected chi connectivity index (χ4v) is 4.42. The first-order valence-electron chi connectivity index (χ1n) is 8.26. The summed E-state index contributed by atoms with van der Waals surface area (Å²) in [5.41, 5.74) is 0.523. The van der Waals surface area contributed by atoms with Gasteiger partial charge in [-0.25, -0.2) is 12.8 Å². The summed E-state index contributed by atoms with van der Waals surface area (Å²) in [6.07, 6.45) is 1.39. The van der Waals surface area contributed by atoms with Crippen LogP contribution >= 0.6 is 0 Å². The topological polar surface area (TPSA) is 115 Å². The molecule has 0 unspecified atom stereocenters. The lowest BCUT2D eigenvalue weighted by molar-refractivity contribution is -0.386. The minimum atomic E-state index is -3.45. The van der Waals surface area contributed by atoms with Crippen LogP contribution in [0.2, 0.25) is 0 Å². The Hall–Kier alpha value is -3.08. The van der Waals surface area contributed by atoms with E-state index in [1.165, 1.54) is 41.6 Å². The van der Waals surface area contributed by atoms with Crippen LogP contribution in [0.1, 0.15) is 11.4 Å². The van der Waals surface area contributed by atoms with E-state index < -0.39 is 32.5 Å². The molecule has 148 valence electrons. The van der Waals surface area contributed by atoms with Crippen molar-refractivity contribution in [2.45, 2.75) is 26.4 Å². The number of hydrogen-bond acceptors (Lipinski definition) is 6. The zero-order chi connectivity index (χ0) is 20.6. The number of aryl methyl sites for hydroxylation is 1. The number of halogens is 1. The summed E-state index contributed by atoms with van der Waals surface area (Å²) in [5.74, 6) is -1.33. The molecule has 3 rings (SSSR count). The highest BCUT2D eigenvalue weighted by molar-refractivity contribution is 7.94. The van der Waals surface area contributed by atoms with Crippen molar-refractivity contribution in [3.63, 3.8) is 0 Å². The third-order valence-corrected chi connectivity index (χ3v) is 5.81. The van der Waals surface area contributed by atoms with Crippen LogP contribution < -0.4 is 4.90 Å². The van der Waals surface area contributed by atoms with Crippen LogP contribution in [0.5, 0.6) is 0 Å². The zero-order valence-electron chi connectivity index (χ0n) is 15.1. The van der Waals surface area contributed by atoms with Crippen molar-refractivity contribution < 1.29 is 22.5 Å². The maximum atomic E-state index is 13.3. The number of nitro groups is 1. The van der Waals surface area contributed by atoms with Crippen molar-refractivity contribution in [2.24, 2.45) is 0 Å². The summed E-state index contributed by atoms with van der Waals surface area (Å²) in [6, 6.07) is 4.30. The largest absolute Gasteiger partial charge is 0.312 e. The van der Waals surface area contributed by atoms with Gasteiger partial charge in [-0.3, -0.25) is 19.6 Å². The number of hydrogen-bond donors (Lipinski definition) is 0. The van der Waals surface area contributed by atoms with E-state index in [9.17, 15) is 27.7 Å². The van der Waals surface area contributed by atoms with Gasteiger partial charge >= 0.3 is 5.69 Å². The molecule has 1 aliphatic heterocycles. The van der Waals surface area contributed by atoms with E-state index in [2.05, 4.69) is 5.10 Å². The van der Waals surface area contributed by atoms with Crippen molar-refractivity contribution in [1.82, 2.24) is 9.78 Å². The molecule has 1 atom stereocenters. The molecule has 1 aromatic heterocycles. The van der Waals surface area contributed by atoms with Gasteiger partial charge in [-0.2, -0.15) is 5.10 Å². The summed E-state index contributed by atoms with van der Waals surface area (Å²) in [7, 11) is -3.45. The molecule has 0 spiro atoms. The number of carbonyl (C=O) groups excluding carboxylic acids is 1. The van der Waals surface area contributed by atoms with Gasteiger partial charge in [0.25, 0.3) is 0 Å². The first-order chi connectivity index (χ1) is 13.1. The standard InChI is InChI=1S/C17H17FN4O5S/c1-11-17(22(24)25)12(2)20(19-11)9-16(23)21(14-5-3-13(18)4-6-14)15-7-8-28(26,27)10-15/h3-8,15H,9-10H2,1-2H3/t15-/m1/s1. The van der Waals surface area contributed by atoms with Crippen molar-refractivity contribution in [3.8, 4) is 0 Å². The second-order valence-corrected chi connectivity index (χ2v) is 8.33. The molecule has 9 nitrogen and oxygen atoms in total. The summed E-state index contributed by atoms with van der Waals surface area (Å²) in [5, 5.41) is 16.2. The lowest BCUT2D eigenvalue weighted by Gasteiger charge is -2.27. The van der Waals surface area contributed by atoms with E-state index in [-0.39, 0.29) is 29.4 Å². The van der Waals surface area contributed by atoms with E-state index in [0.717, 1.165) is 17.5 Å². The first kappa shape index (κ1) is 19.7. The minimum absolute atomic E-state index is 0.173. The maximum absolute atomic E-state index is 13.3. The molecule has 0 aliphatic carbocycles. The third kappa shape index (κ3) is 3.79. The zero-order valence-corrected chi connectivity index (χ0v) is 15.9. The molecule has 2 heterocycles. The summed E-state index contributed by atoms with van der Waals surface area (Å²) >= 11 is 0. The van der Waals surface area contributed by atoms with Gasteiger partial charge in [0.05, 0.1) is 16.7 Å². The van der Waals surface area contributed by atoms with Crippen molar-refractivity contribution >= 4 is 27.1 Å². The van der Waals surface area contributed by atoms with Gasteiger partial charge in [-0.1, -0.05) is 0 Å². The maximum Gasteiger partial charge on any atom is 0.312 e. The Morgan fingerprint density at radius 3 is 2.50 bits per heavy atom. The number of rotatable bonds is 5. The minimum Gasteiger partial charge on any atom is -0.303 e. The highest BCUT2D eigenvalue weighted by Gasteiger charge is 2.32. The Kier molecular flexibility index (Phi) is 5.02. The Bertz CT molecular complexity index is 1080. The molecule has 0 bridgehead atoms. The van der Waals surface area contributed by atoms with Gasteiger partial charge in [0.1, 0.15) is 23.7 Å². The first-order valence-corrected chi connectivity index (χ1v) is 9.97. The second-order valence-electron chi connectivity index (χ2n) is 6.40. The SMILES string of the molecule is Cc1nn(CC(=O)N(c2ccc(F)cc2)[C@@H]2C=CS(=O)(=O)C2)c(C)c1[N+](=O)[O-]. The molecular weight excluding hydrogens is 391 g/mol. The van der Waals surface area contributed by atoms with Crippen LogP contribution in [0, 0.1) is 29.8 Å². The van der Waals surface area contributed by atoms with E-state index in [1.807, 2.05) is 0 Å². The Balaban J connectivity index is 1.96. The fraction of sp³-hybridized carbons (Fsp3) is 0.294. The molecule has 0 N–H and O–H groups in total. The van der Waals surface area contributed by atoms with Gasteiger partial charge < -0.3 is 4.90 Å². The molecule has 0 radical (unpaired) electrons. The molecule has 1 aromatic carbocycles. The third-order valence-electron chi connectivity index (χ3n) is 4.43. The van der Waals surface area contributed by atoms with E-state index in [0.29, 0.717) is 5.69 Å². The van der Waals surface area contributed by atoms with Gasteiger partial charge in [0.15, 0.2) is 9.84 Å². The molecule has 0 saturated heterocycles. The average Bonchev–Trinajstić information content (AvgIpc) is 3.08. The van der Waals surface area contributed by atoms with Gasteiger partial charge in [-0.05, 0) is 44.2 Å². The van der Waals surface area contributed by atoms with Crippen molar-refractivity contribution in [1.29, 1.82) is 0 Å². The number of amides is 1. The summed E-state index contributed by atoms with van der Waals surface area (Å²) in [4.78, 5) is 24.8. The molecule has 0 saturated carbocycles. The molecule has 28 heavy (non-hydrogen) atoms. The average molecular weight is 408 g/mol. The van der Waals surface area contributed by atoms with Crippen molar-refractivity contribution in [2.75, 3.05) is 10.7 Å². The van der Waals surface area contributed by atoms with Crippen LogP contribution in [-0.4, -0.2) is 40.8 Å². The summed E-state index contributed by atoms with van der Waals surface area (Å²) in [6.45, 7) is 2.62. The van der Waals surface area contributed by atoms with Crippen LogP contribution in [0.25, 0.3) is 0 Å². The number of carbonyl (C=O) groups is 1. The van der Waals surface area contributed by atoms with E-state index >= 15 is 0 Å². The lowest BCUT2D eigenvalue weighted by atomic mass is 10.2. The monoisotopic (exact) mass is 408 g/mol. The molecule has 11 heteroatoms. The van der Waals surface area contributed by atoms with Crippen LogP contribution in [-0.2, 0) is 21.2 Å². The molecule has 1 aliphatic rings. The fourth-order valence-electron chi connectivity index (χ4n) is 3.15. The van der Waals surface area contributed by atoms with Crippen LogP contribution in [0.15, 0.2) is 35.7 Å². The number of benzene rings is 1. The number of sulfone groups is 1. The van der Waals surface area contributed by atoms with Gasteiger partial charge in [-0.15, -0.1) is 0 Å². The molecule has 0 fully saturated rings. The number of aromatic nitrogens is 2. The van der Waals surface area contributed by atoms with Gasteiger partial charge in [0.2, 0.25) is 5.91 Å². The van der Waals surface area contributed by atoms with Crippen LogP contribution in [0.3, 0.4) is 0 Å². The summed E-state index contributed by atoms with van der Waals surface area (Å²) < 4.78 is 38.1. The lowest BCUT2D eigenvalue weighted by Crippen LogP contribution is -2.43. The highest BCUT2D eigenvalue weighted by Crippen LogP contribution is 2.25. The quantitative estimate of drug-likeness (QED) is 0.551. The number of nitrogens with zero attached hydrogens (tertiary/aromatic N) is 4. The Morgan fingerprint density at radius 2 is 2.00 bits per heavy atom. The predicted octanol–water partition coefficient (Wildman–Crippen LogP) is 1.89.